The Kier molecular flexibility index (Phi) is 3.31. The Morgan fingerprint density at radius 3 is 2.38 bits per heavy atom. The van der Waals surface area contributed by atoms with Gasteiger partial charge in [0.2, 0.25) is 0 Å². The summed E-state index contributed by atoms with van der Waals surface area (Å²) in [5.41, 5.74) is 6.50. The lowest BCUT2D eigenvalue weighted by molar-refractivity contribution is 1.52. The molecule has 0 N–H and O–H groups in total. The monoisotopic (exact) mass is 170 g/mol. The van der Waals surface area contributed by atoms with E-state index >= 15 is 0 Å². The molecule has 0 heterocycles. The molecule has 0 saturated carbocycles. The second-order valence-electron chi connectivity index (χ2n) is 2.95. The molecule has 1 aromatic rings. The van der Waals surface area contributed by atoms with E-state index in [1.165, 1.54) is 5.56 Å². The third kappa shape index (κ3) is 2.47. The van der Waals surface area contributed by atoms with Gasteiger partial charge in [-0.2, -0.15) is 0 Å². The highest BCUT2D eigenvalue weighted by Gasteiger charge is 1.98. The number of hydrogen-bond donors (Lipinski definition) is 0. The van der Waals surface area contributed by atoms with Crippen molar-refractivity contribution in [2.45, 2.75) is 13.8 Å². The molecule has 0 fully saturated rings. The maximum absolute atomic E-state index is 3.93. The lowest BCUT2D eigenvalue weighted by atomic mass is 10.0. The first-order chi connectivity index (χ1) is 6.25. The van der Waals surface area contributed by atoms with Crippen molar-refractivity contribution in [1.82, 2.24) is 0 Å². The first-order valence-corrected chi connectivity index (χ1v) is 4.38. The fourth-order valence-corrected chi connectivity index (χ4v) is 1.20. The molecule has 0 aliphatic carbocycles. The van der Waals surface area contributed by atoms with Gasteiger partial charge in [-0.1, -0.05) is 36.9 Å². The summed E-state index contributed by atoms with van der Waals surface area (Å²) in [6, 6.07) is 10.2. The minimum Gasteiger partial charge on any atom is -0.117 e. The molecule has 0 aliphatic rings. The van der Waals surface area contributed by atoms with Crippen molar-refractivity contribution in [3.63, 3.8) is 0 Å². The van der Waals surface area contributed by atoms with Crippen LogP contribution in [-0.2, 0) is 0 Å². The molecule has 0 heteroatoms. The molecular formula is C13H14. The van der Waals surface area contributed by atoms with E-state index in [9.17, 15) is 0 Å². The number of allylic oxidation sites excluding steroid dienone is 2. The molecule has 0 amide bonds. The molecule has 1 rings (SSSR count). The van der Waals surface area contributed by atoms with Crippen LogP contribution in [0.2, 0.25) is 0 Å². The standard InChI is InChI=1S/C13H14/c1-4-8-13(11(2)3)12-9-6-5-7-10-12/h4-7,9-10H,2H2,1,3H3. The van der Waals surface area contributed by atoms with Crippen molar-refractivity contribution in [1.29, 1.82) is 0 Å². The van der Waals surface area contributed by atoms with Gasteiger partial charge >= 0.3 is 0 Å². The van der Waals surface area contributed by atoms with Gasteiger partial charge in [0.25, 0.3) is 0 Å². The van der Waals surface area contributed by atoms with Crippen molar-refractivity contribution < 1.29 is 0 Å². The Labute approximate surface area is 79.9 Å². The summed E-state index contributed by atoms with van der Waals surface area (Å²) >= 11 is 0. The van der Waals surface area contributed by atoms with Gasteiger partial charge in [-0.25, -0.2) is 0 Å². The maximum Gasteiger partial charge on any atom is 0.0256 e. The van der Waals surface area contributed by atoms with Gasteiger partial charge < -0.3 is 0 Å². The van der Waals surface area contributed by atoms with Crippen molar-refractivity contribution >= 4 is 5.57 Å². The molecule has 13 heavy (non-hydrogen) atoms. The first kappa shape index (κ1) is 9.57. The van der Waals surface area contributed by atoms with Gasteiger partial charge in [0.1, 0.15) is 0 Å². The highest BCUT2D eigenvalue weighted by atomic mass is 14.0. The first-order valence-electron chi connectivity index (χ1n) is 4.38. The van der Waals surface area contributed by atoms with Crippen molar-refractivity contribution in [2.75, 3.05) is 0 Å². The van der Waals surface area contributed by atoms with Gasteiger partial charge in [0, 0.05) is 5.57 Å². The van der Waals surface area contributed by atoms with Gasteiger partial charge in [-0.05, 0) is 31.1 Å². The SMILES string of the molecule is C=C(C)C(=C=CC)c1ccccc1. The van der Waals surface area contributed by atoms with Crippen LogP contribution >= 0.6 is 0 Å². The molecule has 0 saturated heterocycles. The van der Waals surface area contributed by atoms with Gasteiger partial charge in [-0.15, -0.1) is 5.73 Å². The molecule has 0 atom stereocenters. The molecule has 0 aromatic heterocycles. The molecule has 0 aliphatic heterocycles. The summed E-state index contributed by atoms with van der Waals surface area (Å²) in [6.45, 7) is 7.89. The summed E-state index contributed by atoms with van der Waals surface area (Å²) in [6.07, 6.45) is 1.91. The van der Waals surface area contributed by atoms with E-state index in [1.54, 1.807) is 0 Å². The van der Waals surface area contributed by atoms with Crippen LogP contribution < -0.4 is 0 Å². The van der Waals surface area contributed by atoms with Gasteiger partial charge in [0.15, 0.2) is 0 Å². The Bertz CT molecular complexity index is 349. The third-order valence-electron chi connectivity index (χ3n) is 1.78. The highest BCUT2D eigenvalue weighted by Crippen LogP contribution is 2.19. The third-order valence-corrected chi connectivity index (χ3v) is 1.78. The minimum atomic E-state index is 1.05. The van der Waals surface area contributed by atoms with E-state index < -0.39 is 0 Å². The lowest BCUT2D eigenvalue weighted by Gasteiger charge is -2.02. The molecule has 0 spiro atoms. The van der Waals surface area contributed by atoms with Crippen LogP contribution in [0.25, 0.3) is 5.57 Å². The average molecular weight is 170 g/mol. The van der Waals surface area contributed by atoms with Crippen LogP contribution in [0.1, 0.15) is 19.4 Å². The van der Waals surface area contributed by atoms with Crippen molar-refractivity contribution in [3.05, 3.63) is 59.9 Å². The smallest absolute Gasteiger partial charge is 0.0256 e. The fraction of sp³-hybridized carbons (Fsp3) is 0.154. The molecule has 0 unspecified atom stereocenters. The Morgan fingerprint density at radius 2 is 1.92 bits per heavy atom. The summed E-state index contributed by atoms with van der Waals surface area (Å²) < 4.78 is 0. The lowest BCUT2D eigenvalue weighted by Crippen LogP contribution is -1.82. The van der Waals surface area contributed by atoms with Crippen LogP contribution in [0.15, 0.2) is 54.3 Å². The summed E-state index contributed by atoms with van der Waals surface area (Å²) in [4.78, 5) is 0. The van der Waals surface area contributed by atoms with Crippen LogP contribution in [0, 0.1) is 0 Å². The largest absolute Gasteiger partial charge is 0.117 e. The normalized spacial score (nSPS) is 8.77. The zero-order valence-electron chi connectivity index (χ0n) is 8.17. The maximum atomic E-state index is 3.93. The van der Waals surface area contributed by atoms with E-state index in [2.05, 4.69) is 24.4 Å². The summed E-state index contributed by atoms with van der Waals surface area (Å²) in [7, 11) is 0. The average Bonchev–Trinajstić information content (AvgIpc) is 2.15. The molecule has 1 aromatic carbocycles. The highest BCUT2D eigenvalue weighted by molar-refractivity contribution is 5.77. The predicted octanol–water partition coefficient (Wildman–Crippen LogP) is 3.82. The van der Waals surface area contributed by atoms with E-state index in [0.717, 1.165) is 11.1 Å². The van der Waals surface area contributed by atoms with E-state index in [0.29, 0.717) is 0 Å². The number of rotatable bonds is 2. The molecule has 0 radical (unpaired) electrons. The minimum absolute atomic E-state index is 1.05. The molecule has 0 bridgehead atoms. The quantitative estimate of drug-likeness (QED) is 0.467. The van der Waals surface area contributed by atoms with E-state index in [1.807, 2.05) is 38.1 Å². The Morgan fingerprint density at radius 1 is 1.31 bits per heavy atom. The van der Waals surface area contributed by atoms with Crippen molar-refractivity contribution in [2.24, 2.45) is 0 Å². The summed E-state index contributed by atoms with van der Waals surface area (Å²) in [5.74, 6) is 0. The predicted molar refractivity (Wildman–Crippen MR) is 58.4 cm³/mol. The fourth-order valence-electron chi connectivity index (χ4n) is 1.20. The Balaban J connectivity index is 3.19. The second-order valence-corrected chi connectivity index (χ2v) is 2.95. The second kappa shape index (κ2) is 4.49. The summed E-state index contributed by atoms with van der Waals surface area (Å²) in [5, 5.41) is 0. The van der Waals surface area contributed by atoms with Crippen LogP contribution in [0.3, 0.4) is 0 Å². The van der Waals surface area contributed by atoms with Crippen molar-refractivity contribution in [3.8, 4) is 0 Å². The van der Waals surface area contributed by atoms with Crippen LogP contribution in [0.5, 0.6) is 0 Å². The molecule has 66 valence electrons. The zero-order valence-corrected chi connectivity index (χ0v) is 8.17. The number of hydrogen-bond acceptors (Lipinski definition) is 0. The van der Waals surface area contributed by atoms with Crippen LogP contribution in [0.4, 0.5) is 0 Å². The number of benzene rings is 1. The van der Waals surface area contributed by atoms with Gasteiger partial charge in [-0.3, -0.25) is 0 Å². The van der Waals surface area contributed by atoms with E-state index in [4.69, 9.17) is 0 Å². The topological polar surface area (TPSA) is 0 Å². The Hall–Kier alpha value is -1.52. The zero-order chi connectivity index (χ0) is 9.68. The van der Waals surface area contributed by atoms with E-state index in [-0.39, 0.29) is 0 Å². The van der Waals surface area contributed by atoms with Crippen LogP contribution in [-0.4, -0.2) is 0 Å². The molecule has 0 nitrogen and oxygen atoms in total. The van der Waals surface area contributed by atoms with Gasteiger partial charge in [0.05, 0.1) is 0 Å². The molecular weight excluding hydrogens is 156 g/mol.